The average molecular weight is 185 g/mol. The van der Waals surface area contributed by atoms with Gasteiger partial charge < -0.3 is 10.4 Å². The van der Waals surface area contributed by atoms with Crippen LogP contribution in [-0.2, 0) is 9.59 Å². The van der Waals surface area contributed by atoms with Gasteiger partial charge in [-0.25, -0.2) is 0 Å². The molecular weight excluding hydrogens is 170 g/mol. The Labute approximate surface area is 77.3 Å². The molecule has 0 saturated heterocycles. The first-order chi connectivity index (χ1) is 5.94. The van der Waals surface area contributed by atoms with Crippen LogP contribution in [-0.4, -0.2) is 28.9 Å². The quantitative estimate of drug-likeness (QED) is 0.642. The second kappa shape index (κ2) is 3.46. The topological polar surface area (TPSA) is 66.4 Å². The van der Waals surface area contributed by atoms with Crippen molar-refractivity contribution in [1.82, 2.24) is 5.32 Å². The molecule has 0 aromatic carbocycles. The van der Waals surface area contributed by atoms with Crippen LogP contribution >= 0.6 is 0 Å². The summed E-state index contributed by atoms with van der Waals surface area (Å²) in [6, 6.07) is 0. The molecule has 1 fully saturated rings. The highest BCUT2D eigenvalue weighted by Crippen LogP contribution is 2.23. The highest BCUT2D eigenvalue weighted by molar-refractivity contribution is 5.96. The Morgan fingerprint density at radius 1 is 1.62 bits per heavy atom. The van der Waals surface area contributed by atoms with Crippen LogP contribution in [0.4, 0.5) is 0 Å². The number of carbonyl (C=O) groups is 2. The first-order valence-electron chi connectivity index (χ1n) is 4.39. The molecule has 0 atom stereocenters. The molecule has 0 aliphatic heterocycles. The SMILES string of the molecule is CC(C)(CO)NC(=O)C1CC(=O)C1. The standard InChI is InChI=1S/C9H15NO3/c1-9(2,5-11)10-8(13)6-3-7(12)4-6/h6,11H,3-5H2,1-2H3,(H,10,13). The fraction of sp³-hybridized carbons (Fsp3) is 0.778. The van der Waals surface area contributed by atoms with Gasteiger partial charge in [0.25, 0.3) is 0 Å². The zero-order valence-corrected chi connectivity index (χ0v) is 7.96. The number of ketones is 1. The van der Waals surface area contributed by atoms with Crippen molar-refractivity contribution in [2.45, 2.75) is 32.2 Å². The fourth-order valence-electron chi connectivity index (χ4n) is 1.15. The average Bonchev–Trinajstić information content (AvgIpc) is 1.98. The van der Waals surface area contributed by atoms with Gasteiger partial charge in [-0.1, -0.05) is 0 Å². The molecular formula is C9H15NO3. The van der Waals surface area contributed by atoms with Gasteiger partial charge >= 0.3 is 0 Å². The maximum absolute atomic E-state index is 11.4. The molecule has 2 N–H and O–H groups in total. The molecule has 1 saturated carbocycles. The molecule has 0 spiro atoms. The van der Waals surface area contributed by atoms with Crippen molar-refractivity contribution >= 4 is 11.7 Å². The number of Topliss-reactive ketones (excluding diaryl/α,β-unsaturated/α-hetero) is 1. The van der Waals surface area contributed by atoms with Gasteiger partial charge in [-0.15, -0.1) is 0 Å². The van der Waals surface area contributed by atoms with Gasteiger partial charge in [-0.05, 0) is 13.8 Å². The molecule has 0 aromatic rings. The Kier molecular flexibility index (Phi) is 2.71. The zero-order valence-electron chi connectivity index (χ0n) is 7.96. The minimum absolute atomic E-state index is 0.0978. The molecule has 1 aliphatic rings. The third-order valence-corrected chi connectivity index (χ3v) is 2.18. The second-order valence-corrected chi connectivity index (χ2v) is 4.18. The molecule has 1 aliphatic carbocycles. The molecule has 74 valence electrons. The van der Waals surface area contributed by atoms with Crippen molar-refractivity contribution in [3.05, 3.63) is 0 Å². The summed E-state index contributed by atoms with van der Waals surface area (Å²) in [6.07, 6.45) is 0.709. The molecule has 0 aromatic heterocycles. The van der Waals surface area contributed by atoms with Gasteiger partial charge in [0.05, 0.1) is 18.1 Å². The number of aliphatic hydroxyl groups is 1. The van der Waals surface area contributed by atoms with Crippen molar-refractivity contribution in [3.8, 4) is 0 Å². The lowest BCUT2D eigenvalue weighted by Crippen LogP contribution is -2.50. The lowest BCUT2D eigenvalue weighted by atomic mass is 9.83. The maximum Gasteiger partial charge on any atom is 0.224 e. The van der Waals surface area contributed by atoms with Crippen molar-refractivity contribution in [2.24, 2.45) is 5.92 Å². The van der Waals surface area contributed by atoms with E-state index < -0.39 is 5.54 Å². The Hall–Kier alpha value is -0.900. The van der Waals surface area contributed by atoms with Crippen LogP contribution in [0.25, 0.3) is 0 Å². The van der Waals surface area contributed by atoms with Crippen LogP contribution in [0.5, 0.6) is 0 Å². The minimum atomic E-state index is -0.588. The van der Waals surface area contributed by atoms with Gasteiger partial charge in [-0.3, -0.25) is 9.59 Å². The number of carbonyl (C=O) groups excluding carboxylic acids is 2. The minimum Gasteiger partial charge on any atom is -0.394 e. The van der Waals surface area contributed by atoms with Gasteiger partial charge in [0, 0.05) is 12.8 Å². The van der Waals surface area contributed by atoms with Gasteiger partial charge in [0.1, 0.15) is 5.78 Å². The molecule has 4 nitrogen and oxygen atoms in total. The Balaban J connectivity index is 2.37. The molecule has 0 radical (unpaired) electrons. The number of rotatable bonds is 3. The largest absolute Gasteiger partial charge is 0.394 e. The van der Waals surface area contributed by atoms with E-state index in [1.54, 1.807) is 13.8 Å². The summed E-state index contributed by atoms with van der Waals surface area (Å²) >= 11 is 0. The summed E-state index contributed by atoms with van der Waals surface area (Å²) in [7, 11) is 0. The van der Waals surface area contributed by atoms with Gasteiger partial charge in [0.2, 0.25) is 5.91 Å². The highest BCUT2D eigenvalue weighted by atomic mass is 16.3. The van der Waals surface area contributed by atoms with E-state index in [4.69, 9.17) is 5.11 Å². The molecule has 1 amide bonds. The van der Waals surface area contributed by atoms with Crippen molar-refractivity contribution in [3.63, 3.8) is 0 Å². The van der Waals surface area contributed by atoms with Crippen molar-refractivity contribution in [2.75, 3.05) is 6.61 Å². The Morgan fingerprint density at radius 3 is 2.54 bits per heavy atom. The van der Waals surface area contributed by atoms with Crippen LogP contribution in [0.15, 0.2) is 0 Å². The second-order valence-electron chi connectivity index (χ2n) is 4.18. The predicted octanol–water partition coefficient (Wildman–Crippen LogP) is -0.147. The zero-order chi connectivity index (χ0) is 10.1. The van der Waals surface area contributed by atoms with E-state index in [1.165, 1.54) is 0 Å². The highest BCUT2D eigenvalue weighted by Gasteiger charge is 2.34. The molecule has 0 unspecified atom stereocenters. The van der Waals surface area contributed by atoms with Crippen LogP contribution < -0.4 is 5.32 Å². The number of nitrogens with one attached hydrogen (secondary N) is 1. The maximum atomic E-state index is 11.4. The van der Waals surface area contributed by atoms with E-state index in [2.05, 4.69) is 5.32 Å². The summed E-state index contributed by atoms with van der Waals surface area (Å²) in [5, 5.41) is 11.6. The number of aliphatic hydroxyl groups excluding tert-OH is 1. The summed E-state index contributed by atoms with van der Waals surface area (Å²) in [4.78, 5) is 22.0. The van der Waals surface area contributed by atoms with E-state index in [-0.39, 0.29) is 24.2 Å². The van der Waals surface area contributed by atoms with Gasteiger partial charge in [0.15, 0.2) is 0 Å². The van der Waals surface area contributed by atoms with E-state index >= 15 is 0 Å². The van der Waals surface area contributed by atoms with Crippen LogP contribution in [0, 0.1) is 5.92 Å². The molecule has 0 bridgehead atoms. The third kappa shape index (κ3) is 2.52. The normalized spacial score (nSPS) is 18.2. The lowest BCUT2D eigenvalue weighted by molar-refractivity contribution is -0.139. The fourth-order valence-corrected chi connectivity index (χ4v) is 1.15. The Morgan fingerprint density at radius 2 is 2.15 bits per heavy atom. The number of amides is 1. The van der Waals surface area contributed by atoms with E-state index in [0.29, 0.717) is 12.8 Å². The summed E-state index contributed by atoms with van der Waals surface area (Å²) in [5.41, 5.74) is -0.588. The predicted molar refractivity (Wildman–Crippen MR) is 47.0 cm³/mol. The monoisotopic (exact) mass is 185 g/mol. The molecule has 1 rings (SSSR count). The van der Waals surface area contributed by atoms with Crippen LogP contribution in [0.2, 0.25) is 0 Å². The molecule has 4 heteroatoms. The molecule has 13 heavy (non-hydrogen) atoms. The first kappa shape index (κ1) is 10.2. The van der Waals surface area contributed by atoms with Crippen molar-refractivity contribution < 1.29 is 14.7 Å². The van der Waals surface area contributed by atoms with Crippen molar-refractivity contribution in [1.29, 1.82) is 0 Å². The van der Waals surface area contributed by atoms with Gasteiger partial charge in [-0.2, -0.15) is 0 Å². The lowest BCUT2D eigenvalue weighted by Gasteiger charge is -2.29. The smallest absolute Gasteiger partial charge is 0.224 e. The van der Waals surface area contributed by atoms with E-state index in [9.17, 15) is 9.59 Å². The molecule has 0 heterocycles. The van der Waals surface area contributed by atoms with E-state index in [0.717, 1.165) is 0 Å². The van der Waals surface area contributed by atoms with Crippen LogP contribution in [0.3, 0.4) is 0 Å². The number of hydrogen-bond acceptors (Lipinski definition) is 3. The van der Waals surface area contributed by atoms with Crippen LogP contribution in [0.1, 0.15) is 26.7 Å². The summed E-state index contributed by atoms with van der Waals surface area (Å²) in [6.45, 7) is 3.39. The third-order valence-electron chi connectivity index (χ3n) is 2.18. The van der Waals surface area contributed by atoms with E-state index in [1.807, 2.05) is 0 Å². The number of hydrogen-bond donors (Lipinski definition) is 2. The summed E-state index contributed by atoms with van der Waals surface area (Å²) in [5.74, 6) is -0.154. The Bertz CT molecular complexity index is 227. The summed E-state index contributed by atoms with van der Waals surface area (Å²) < 4.78 is 0. The first-order valence-corrected chi connectivity index (χ1v) is 4.39.